The monoisotopic (exact) mass is 359 g/mol. The van der Waals surface area contributed by atoms with Crippen molar-refractivity contribution >= 4 is 18.0 Å². The third-order valence-electron chi connectivity index (χ3n) is 4.16. The highest BCUT2D eigenvalue weighted by molar-refractivity contribution is 5.84. The molecule has 25 heavy (non-hydrogen) atoms. The molecule has 0 unspecified atom stereocenters. The Morgan fingerprint density at radius 1 is 1.08 bits per heavy atom. The molecule has 0 aliphatic heterocycles. The third kappa shape index (κ3) is 8.23. The van der Waals surface area contributed by atoms with Crippen LogP contribution in [0.25, 0.3) is 0 Å². The Labute approximate surface area is 150 Å². The molecule has 0 heterocycles. The maximum atomic E-state index is 12.2. The van der Waals surface area contributed by atoms with Gasteiger partial charge >= 0.3 is 18.0 Å². The first-order valence-corrected chi connectivity index (χ1v) is 8.85. The number of carbonyl (C=O) groups excluding carboxylic acids is 2. The molecule has 0 aromatic rings. The van der Waals surface area contributed by atoms with Gasteiger partial charge in [0.2, 0.25) is 0 Å². The summed E-state index contributed by atoms with van der Waals surface area (Å²) in [6, 6.07) is 0. The largest absolute Gasteiger partial charge is 0.480 e. The maximum absolute atomic E-state index is 12.2. The molecule has 0 fully saturated rings. The molecule has 0 radical (unpaired) electrons. The lowest BCUT2D eigenvalue weighted by Gasteiger charge is -2.29. The van der Waals surface area contributed by atoms with E-state index in [1.54, 1.807) is 27.7 Å². The Morgan fingerprint density at radius 3 is 2.04 bits per heavy atom. The van der Waals surface area contributed by atoms with E-state index in [1.807, 2.05) is 13.8 Å². The standard InChI is InChI=1S/C18H33NO6/c1-8-13(6)9-10-18(7,16(21)22)19-17(23)25-15(12(4)5)24-14(20)11(2)3/h11-13,15H,8-10H2,1-7H3,(H,19,23)(H,21,22)/t13-,15+,18+/m1/s1. The van der Waals surface area contributed by atoms with Gasteiger partial charge in [-0.25, -0.2) is 9.59 Å². The first kappa shape index (κ1) is 23.2. The van der Waals surface area contributed by atoms with Crippen LogP contribution in [0.3, 0.4) is 0 Å². The van der Waals surface area contributed by atoms with Gasteiger partial charge in [-0.15, -0.1) is 0 Å². The number of carboxylic acids is 1. The van der Waals surface area contributed by atoms with Crippen LogP contribution < -0.4 is 5.32 Å². The van der Waals surface area contributed by atoms with Gasteiger partial charge in [0.15, 0.2) is 0 Å². The van der Waals surface area contributed by atoms with Crippen molar-refractivity contribution in [1.82, 2.24) is 5.32 Å². The smallest absolute Gasteiger partial charge is 0.411 e. The Morgan fingerprint density at radius 2 is 1.64 bits per heavy atom. The minimum Gasteiger partial charge on any atom is -0.480 e. The minimum absolute atomic E-state index is 0.260. The zero-order valence-electron chi connectivity index (χ0n) is 16.4. The lowest BCUT2D eigenvalue weighted by atomic mass is 9.90. The first-order valence-electron chi connectivity index (χ1n) is 8.85. The van der Waals surface area contributed by atoms with Crippen LogP contribution >= 0.6 is 0 Å². The van der Waals surface area contributed by atoms with Crippen molar-refractivity contribution in [3.05, 3.63) is 0 Å². The number of esters is 1. The van der Waals surface area contributed by atoms with Crippen molar-refractivity contribution < 1.29 is 29.0 Å². The van der Waals surface area contributed by atoms with E-state index in [-0.39, 0.29) is 18.3 Å². The zero-order valence-corrected chi connectivity index (χ0v) is 16.4. The molecule has 0 spiro atoms. The van der Waals surface area contributed by atoms with Crippen molar-refractivity contribution in [2.75, 3.05) is 0 Å². The van der Waals surface area contributed by atoms with E-state index in [1.165, 1.54) is 6.92 Å². The highest BCUT2D eigenvalue weighted by Gasteiger charge is 2.36. The Hall–Kier alpha value is -1.79. The van der Waals surface area contributed by atoms with E-state index in [9.17, 15) is 19.5 Å². The highest BCUT2D eigenvalue weighted by atomic mass is 16.7. The van der Waals surface area contributed by atoms with Gasteiger partial charge < -0.3 is 19.9 Å². The molecule has 1 amide bonds. The number of hydrogen-bond donors (Lipinski definition) is 2. The summed E-state index contributed by atoms with van der Waals surface area (Å²) in [6.07, 6.45) is -0.104. The van der Waals surface area contributed by atoms with Gasteiger partial charge in [-0.1, -0.05) is 48.0 Å². The number of carbonyl (C=O) groups is 3. The molecule has 0 aromatic heterocycles. The molecule has 146 valence electrons. The SMILES string of the molecule is CC[C@@H](C)CC[C@](C)(NC(=O)O[C@H](OC(=O)C(C)C)C(C)C)C(=O)O. The molecule has 7 nitrogen and oxygen atoms in total. The van der Waals surface area contributed by atoms with E-state index < -0.39 is 29.9 Å². The summed E-state index contributed by atoms with van der Waals surface area (Å²) >= 11 is 0. The van der Waals surface area contributed by atoms with E-state index in [2.05, 4.69) is 5.32 Å². The van der Waals surface area contributed by atoms with Crippen molar-refractivity contribution in [1.29, 1.82) is 0 Å². The van der Waals surface area contributed by atoms with E-state index in [4.69, 9.17) is 9.47 Å². The number of rotatable bonds is 10. The minimum atomic E-state index is -1.44. The fourth-order valence-corrected chi connectivity index (χ4v) is 1.87. The molecular weight excluding hydrogens is 326 g/mol. The number of alkyl carbamates (subject to hydrolysis) is 1. The lowest BCUT2D eigenvalue weighted by Crippen LogP contribution is -2.53. The Balaban J connectivity index is 4.92. The number of aliphatic carboxylic acids is 1. The van der Waals surface area contributed by atoms with Crippen LogP contribution in [0.15, 0.2) is 0 Å². The summed E-state index contributed by atoms with van der Waals surface area (Å²) in [5, 5.41) is 11.9. The summed E-state index contributed by atoms with van der Waals surface area (Å²) in [6.45, 7) is 12.3. The average molecular weight is 359 g/mol. The normalized spacial score (nSPS) is 16.0. The number of hydrogen-bond acceptors (Lipinski definition) is 5. The predicted octanol–water partition coefficient (Wildman–Crippen LogP) is 3.56. The first-order chi connectivity index (χ1) is 11.4. The van der Waals surface area contributed by atoms with Crippen LogP contribution in [0.5, 0.6) is 0 Å². The summed E-state index contributed by atoms with van der Waals surface area (Å²) in [5.41, 5.74) is -1.44. The van der Waals surface area contributed by atoms with Crippen LogP contribution in [0.4, 0.5) is 4.79 Å². The molecule has 0 bridgehead atoms. The molecule has 3 atom stereocenters. The second kappa shape index (κ2) is 10.3. The van der Waals surface area contributed by atoms with Gasteiger partial charge in [0.1, 0.15) is 5.54 Å². The lowest BCUT2D eigenvalue weighted by molar-refractivity contribution is -0.179. The van der Waals surface area contributed by atoms with Gasteiger partial charge in [-0.3, -0.25) is 4.79 Å². The zero-order chi connectivity index (χ0) is 19.8. The van der Waals surface area contributed by atoms with Crippen LogP contribution in [-0.4, -0.2) is 35.0 Å². The van der Waals surface area contributed by atoms with Crippen molar-refractivity contribution in [2.24, 2.45) is 17.8 Å². The average Bonchev–Trinajstić information content (AvgIpc) is 2.51. The maximum Gasteiger partial charge on any atom is 0.411 e. The summed E-state index contributed by atoms with van der Waals surface area (Å²) in [5.74, 6) is -1.87. The molecule has 0 saturated heterocycles. The van der Waals surface area contributed by atoms with E-state index in [0.29, 0.717) is 12.3 Å². The topological polar surface area (TPSA) is 102 Å². The molecule has 7 heteroatoms. The summed E-state index contributed by atoms with van der Waals surface area (Å²) in [4.78, 5) is 35.5. The van der Waals surface area contributed by atoms with Gasteiger partial charge in [-0.05, 0) is 25.7 Å². The number of nitrogens with one attached hydrogen (secondary N) is 1. The van der Waals surface area contributed by atoms with Crippen LogP contribution in [0.1, 0.15) is 67.7 Å². The van der Waals surface area contributed by atoms with Crippen molar-refractivity contribution in [3.63, 3.8) is 0 Å². The number of carboxylic acid groups (broad SMARTS) is 1. The predicted molar refractivity (Wildman–Crippen MR) is 93.9 cm³/mol. The molecule has 0 aliphatic carbocycles. The second-order valence-electron chi connectivity index (χ2n) is 7.42. The Bertz CT molecular complexity index is 462. The number of ether oxygens (including phenoxy) is 2. The Kier molecular flexibility index (Phi) is 9.52. The number of amides is 1. The van der Waals surface area contributed by atoms with Gasteiger partial charge in [0.05, 0.1) is 5.92 Å². The van der Waals surface area contributed by atoms with E-state index >= 15 is 0 Å². The fourth-order valence-electron chi connectivity index (χ4n) is 1.87. The third-order valence-corrected chi connectivity index (χ3v) is 4.16. The van der Waals surface area contributed by atoms with Crippen molar-refractivity contribution in [2.45, 2.75) is 79.6 Å². The molecular formula is C18H33NO6. The van der Waals surface area contributed by atoms with Crippen LogP contribution in [0.2, 0.25) is 0 Å². The quantitative estimate of drug-likeness (QED) is 0.457. The van der Waals surface area contributed by atoms with Gasteiger partial charge in [-0.2, -0.15) is 0 Å². The van der Waals surface area contributed by atoms with Gasteiger partial charge in [0, 0.05) is 5.92 Å². The molecule has 0 aliphatic rings. The molecule has 0 rings (SSSR count). The molecule has 0 aromatic carbocycles. The second-order valence-corrected chi connectivity index (χ2v) is 7.42. The fraction of sp³-hybridized carbons (Fsp3) is 0.833. The van der Waals surface area contributed by atoms with Gasteiger partial charge in [0.25, 0.3) is 6.29 Å². The van der Waals surface area contributed by atoms with E-state index in [0.717, 1.165) is 6.42 Å². The highest BCUT2D eigenvalue weighted by Crippen LogP contribution is 2.20. The van der Waals surface area contributed by atoms with Crippen molar-refractivity contribution in [3.8, 4) is 0 Å². The van der Waals surface area contributed by atoms with Crippen LogP contribution in [-0.2, 0) is 19.1 Å². The molecule has 2 N–H and O–H groups in total. The molecule has 0 saturated carbocycles. The summed E-state index contributed by atoms with van der Waals surface area (Å²) in [7, 11) is 0. The summed E-state index contributed by atoms with van der Waals surface area (Å²) < 4.78 is 10.3. The van der Waals surface area contributed by atoms with Crippen LogP contribution in [0, 0.1) is 17.8 Å².